The summed E-state index contributed by atoms with van der Waals surface area (Å²) in [4.78, 5) is 32.8. The third-order valence-electron chi connectivity index (χ3n) is 7.16. The molecule has 3 aromatic carbocycles. The van der Waals surface area contributed by atoms with E-state index in [1.165, 1.54) is 12.8 Å². The highest BCUT2D eigenvalue weighted by Gasteiger charge is 2.32. The van der Waals surface area contributed by atoms with E-state index in [-0.39, 0.29) is 11.3 Å². The lowest BCUT2D eigenvalue weighted by Gasteiger charge is -2.26. The fraction of sp³-hybridized carbons (Fsp3) is 0.241. The Balaban J connectivity index is 1.61. The minimum Gasteiger partial charge on any atom is -0.383 e. The molecule has 5 heteroatoms. The average molecular weight is 450 g/mol. The number of carbonyl (C=O) groups excluding carboxylic acids is 1. The van der Waals surface area contributed by atoms with Gasteiger partial charge in [-0.3, -0.25) is 9.59 Å². The lowest BCUT2D eigenvalue weighted by atomic mass is 9.79. The Morgan fingerprint density at radius 3 is 2.35 bits per heavy atom. The van der Waals surface area contributed by atoms with E-state index in [9.17, 15) is 9.59 Å². The molecule has 2 heterocycles. The largest absolute Gasteiger partial charge is 0.383 e. The number of hydrogen-bond donors (Lipinski definition) is 2. The number of likely N-dealkylation sites (tertiary alicyclic amines) is 1. The Kier molecular flexibility index (Phi) is 5.07. The van der Waals surface area contributed by atoms with Crippen LogP contribution in [0.15, 0.2) is 65.5 Å². The van der Waals surface area contributed by atoms with E-state index in [4.69, 9.17) is 0 Å². The van der Waals surface area contributed by atoms with Crippen LogP contribution in [0.2, 0.25) is 0 Å². The van der Waals surface area contributed by atoms with E-state index in [1.54, 1.807) is 0 Å². The molecule has 1 aromatic heterocycles. The molecule has 0 bridgehead atoms. The molecule has 0 atom stereocenters. The Labute approximate surface area is 198 Å². The van der Waals surface area contributed by atoms with Gasteiger partial charge in [-0.25, -0.2) is 0 Å². The SMILES string of the molecule is Cc1cc(NCCN2CCCC2)c2c3c(c(-c4ccccc4)c(=O)[nH]c13)-c1ccccc1C2=O. The first-order valence-corrected chi connectivity index (χ1v) is 12.0. The van der Waals surface area contributed by atoms with Gasteiger partial charge in [-0.2, -0.15) is 0 Å². The number of aryl methyl sites for hydroxylation is 1. The van der Waals surface area contributed by atoms with Gasteiger partial charge in [0.2, 0.25) is 0 Å². The topological polar surface area (TPSA) is 65.2 Å². The van der Waals surface area contributed by atoms with Gasteiger partial charge in [0.05, 0.1) is 16.6 Å². The lowest BCUT2D eigenvalue weighted by molar-refractivity contribution is 0.104. The summed E-state index contributed by atoms with van der Waals surface area (Å²) >= 11 is 0. The number of fused-ring (bicyclic) bond motifs is 2. The van der Waals surface area contributed by atoms with Crippen molar-refractivity contribution >= 4 is 22.4 Å². The van der Waals surface area contributed by atoms with Crippen LogP contribution in [0.3, 0.4) is 0 Å². The van der Waals surface area contributed by atoms with Crippen LogP contribution in [0.4, 0.5) is 5.69 Å². The summed E-state index contributed by atoms with van der Waals surface area (Å²) < 4.78 is 0. The second-order valence-electron chi connectivity index (χ2n) is 9.29. The summed E-state index contributed by atoms with van der Waals surface area (Å²) in [6, 6.07) is 19.4. The smallest absolute Gasteiger partial charge is 0.256 e. The second-order valence-corrected chi connectivity index (χ2v) is 9.29. The molecule has 0 saturated carbocycles. The molecule has 34 heavy (non-hydrogen) atoms. The maximum absolute atomic E-state index is 13.8. The number of nitrogens with one attached hydrogen (secondary N) is 2. The van der Waals surface area contributed by atoms with E-state index in [2.05, 4.69) is 15.2 Å². The maximum Gasteiger partial charge on any atom is 0.256 e. The van der Waals surface area contributed by atoms with Crippen molar-refractivity contribution in [1.29, 1.82) is 0 Å². The molecule has 5 nitrogen and oxygen atoms in total. The molecule has 6 rings (SSSR count). The molecule has 2 aliphatic rings. The molecule has 1 aliphatic heterocycles. The molecule has 4 aromatic rings. The monoisotopic (exact) mass is 449 g/mol. The standard InChI is InChI=1S/C29H27N3O2/c1-18-17-22(30-13-16-32-14-7-8-15-32)25-26-24(20-11-5-6-12-21(20)28(25)33)23(29(34)31-27(18)26)19-9-3-2-4-10-19/h2-6,9-12,17,30H,7-8,13-16H2,1H3,(H,31,34). The van der Waals surface area contributed by atoms with Gasteiger partial charge in [0.25, 0.3) is 5.56 Å². The van der Waals surface area contributed by atoms with Crippen molar-refractivity contribution in [3.8, 4) is 22.3 Å². The number of H-pyrrole nitrogens is 1. The minimum atomic E-state index is -0.137. The van der Waals surface area contributed by atoms with Crippen molar-refractivity contribution in [3.05, 3.63) is 87.7 Å². The first kappa shape index (κ1) is 20.9. The molecule has 0 spiro atoms. The molecule has 1 fully saturated rings. The van der Waals surface area contributed by atoms with E-state index in [0.29, 0.717) is 16.7 Å². The summed E-state index contributed by atoms with van der Waals surface area (Å²) in [5.74, 6) is 0.00262. The average Bonchev–Trinajstić information content (AvgIpc) is 3.37. The molecular weight excluding hydrogens is 422 g/mol. The lowest BCUT2D eigenvalue weighted by Crippen LogP contribution is -2.27. The summed E-state index contributed by atoms with van der Waals surface area (Å²) in [5, 5.41) is 4.40. The van der Waals surface area contributed by atoms with Crippen molar-refractivity contribution in [2.75, 3.05) is 31.5 Å². The van der Waals surface area contributed by atoms with Gasteiger partial charge in [0.15, 0.2) is 5.78 Å². The van der Waals surface area contributed by atoms with E-state index in [0.717, 1.165) is 65.0 Å². The van der Waals surface area contributed by atoms with Crippen molar-refractivity contribution < 1.29 is 4.79 Å². The van der Waals surface area contributed by atoms with Crippen LogP contribution >= 0.6 is 0 Å². The van der Waals surface area contributed by atoms with Gasteiger partial charge < -0.3 is 15.2 Å². The number of aromatic nitrogens is 1. The van der Waals surface area contributed by atoms with Gasteiger partial charge in [-0.1, -0.05) is 54.6 Å². The zero-order chi connectivity index (χ0) is 23.2. The first-order valence-electron chi connectivity index (χ1n) is 12.0. The van der Waals surface area contributed by atoms with Crippen LogP contribution in [-0.2, 0) is 0 Å². The zero-order valence-corrected chi connectivity index (χ0v) is 19.3. The van der Waals surface area contributed by atoms with Gasteiger partial charge in [0, 0.05) is 35.3 Å². The molecule has 1 saturated heterocycles. The summed E-state index contributed by atoms with van der Waals surface area (Å²) in [6.07, 6.45) is 2.52. The van der Waals surface area contributed by atoms with Crippen LogP contribution in [0.1, 0.15) is 34.3 Å². The number of benzene rings is 3. The Morgan fingerprint density at radius 1 is 0.882 bits per heavy atom. The number of aromatic amines is 1. The fourth-order valence-electron chi connectivity index (χ4n) is 5.56. The van der Waals surface area contributed by atoms with Crippen molar-refractivity contribution in [1.82, 2.24) is 9.88 Å². The normalized spacial score (nSPS) is 15.0. The van der Waals surface area contributed by atoms with Crippen LogP contribution in [0.25, 0.3) is 33.2 Å². The van der Waals surface area contributed by atoms with Gasteiger partial charge in [0.1, 0.15) is 0 Å². The molecule has 0 amide bonds. The molecule has 0 unspecified atom stereocenters. The highest BCUT2D eigenvalue weighted by Crippen LogP contribution is 2.45. The molecule has 170 valence electrons. The summed E-state index contributed by atoms with van der Waals surface area (Å²) in [6.45, 7) is 6.01. The number of anilines is 1. The van der Waals surface area contributed by atoms with Crippen LogP contribution in [-0.4, -0.2) is 41.8 Å². The zero-order valence-electron chi connectivity index (χ0n) is 19.3. The molecule has 1 aliphatic carbocycles. The third kappa shape index (κ3) is 3.27. The van der Waals surface area contributed by atoms with Gasteiger partial charge in [-0.05, 0) is 55.6 Å². The number of pyridine rings is 1. The predicted molar refractivity (Wildman–Crippen MR) is 138 cm³/mol. The Hall–Kier alpha value is -3.70. The second kappa shape index (κ2) is 8.26. The number of nitrogens with zero attached hydrogens (tertiary/aromatic N) is 1. The maximum atomic E-state index is 13.8. The van der Waals surface area contributed by atoms with Crippen LogP contribution in [0, 0.1) is 6.92 Å². The highest BCUT2D eigenvalue weighted by molar-refractivity contribution is 6.29. The Bertz CT molecular complexity index is 1480. The number of rotatable bonds is 5. The quantitative estimate of drug-likeness (QED) is 0.386. The minimum absolute atomic E-state index is 0.00262. The van der Waals surface area contributed by atoms with Crippen molar-refractivity contribution in [2.45, 2.75) is 19.8 Å². The first-order chi connectivity index (χ1) is 16.6. The molecular formula is C29H27N3O2. The van der Waals surface area contributed by atoms with Crippen LogP contribution in [0.5, 0.6) is 0 Å². The van der Waals surface area contributed by atoms with Gasteiger partial charge >= 0.3 is 0 Å². The van der Waals surface area contributed by atoms with E-state index >= 15 is 0 Å². The van der Waals surface area contributed by atoms with Crippen LogP contribution < -0.4 is 10.9 Å². The molecule has 2 N–H and O–H groups in total. The van der Waals surface area contributed by atoms with E-state index < -0.39 is 0 Å². The van der Waals surface area contributed by atoms with E-state index in [1.807, 2.05) is 67.6 Å². The highest BCUT2D eigenvalue weighted by atomic mass is 16.1. The summed E-state index contributed by atoms with van der Waals surface area (Å²) in [7, 11) is 0. The third-order valence-corrected chi connectivity index (χ3v) is 7.16. The summed E-state index contributed by atoms with van der Waals surface area (Å²) in [5.41, 5.74) is 6.83. The number of ketones is 1. The van der Waals surface area contributed by atoms with Gasteiger partial charge in [-0.15, -0.1) is 0 Å². The fourth-order valence-corrected chi connectivity index (χ4v) is 5.56. The van der Waals surface area contributed by atoms with Crippen molar-refractivity contribution in [2.24, 2.45) is 0 Å². The van der Waals surface area contributed by atoms with Crippen molar-refractivity contribution in [3.63, 3.8) is 0 Å². The number of carbonyl (C=O) groups is 1. The molecule has 0 radical (unpaired) electrons. The predicted octanol–water partition coefficient (Wildman–Crippen LogP) is 5.22. The number of hydrogen-bond acceptors (Lipinski definition) is 4. The Morgan fingerprint density at radius 2 is 1.59 bits per heavy atom.